The molecule has 4 nitrogen and oxygen atoms in total. The lowest BCUT2D eigenvalue weighted by Crippen LogP contribution is -2.41. The van der Waals surface area contributed by atoms with Crippen LogP contribution in [0.3, 0.4) is 0 Å². The lowest BCUT2D eigenvalue weighted by Gasteiger charge is -2.28. The van der Waals surface area contributed by atoms with Crippen molar-refractivity contribution in [1.29, 1.82) is 0 Å². The van der Waals surface area contributed by atoms with Crippen molar-refractivity contribution in [2.24, 2.45) is 5.73 Å². The van der Waals surface area contributed by atoms with Crippen molar-refractivity contribution in [2.75, 3.05) is 0 Å². The average molecular weight is 266 g/mol. The summed E-state index contributed by atoms with van der Waals surface area (Å²) in [4.78, 5) is 9.87. The van der Waals surface area contributed by atoms with Gasteiger partial charge in [-0.15, -0.1) is 0 Å². The van der Waals surface area contributed by atoms with Gasteiger partial charge in [-0.05, 0) is 30.9 Å². The number of halogens is 1. The highest BCUT2D eigenvalue weighted by Crippen LogP contribution is 2.29. The first-order chi connectivity index (χ1) is 9.00. The number of nitro groups is 1. The van der Waals surface area contributed by atoms with E-state index in [1.54, 1.807) is 6.07 Å². The van der Waals surface area contributed by atoms with E-state index in [0.717, 1.165) is 31.2 Å². The summed E-state index contributed by atoms with van der Waals surface area (Å²) >= 11 is 0. The van der Waals surface area contributed by atoms with E-state index in [9.17, 15) is 14.5 Å². The zero-order valence-corrected chi connectivity index (χ0v) is 10.9. The molecule has 0 spiro atoms. The minimum Gasteiger partial charge on any atom is -0.325 e. The summed E-state index contributed by atoms with van der Waals surface area (Å²) in [5.41, 5.74) is 6.36. The molecule has 0 aliphatic heterocycles. The Morgan fingerprint density at radius 1 is 1.26 bits per heavy atom. The molecule has 0 unspecified atom stereocenters. The number of nitrogens with zero attached hydrogens (tertiary/aromatic N) is 1. The van der Waals surface area contributed by atoms with E-state index in [1.807, 2.05) is 0 Å². The van der Waals surface area contributed by atoms with Crippen molar-refractivity contribution in [3.05, 3.63) is 39.7 Å². The summed E-state index contributed by atoms with van der Waals surface area (Å²) in [5.74, 6) is -0.778. The van der Waals surface area contributed by atoms with E-state index in [-0.39, 0.29) is 5.54 Å². The Labute approximate surface area is 112 Å². The number of hydrogen-bond donors (Lipinski definition) is 1. The summed E-state index contributed by atoms with van der Waals surface area (Å²) in [6, 6.07) is 4.09. The van der Waals surface area contributed by atoms with Gasteiger partial charge in [-0.3, -0.25) is 10.1 Å². The molecule has 1 aliphatic rings. The van der Waals surface area contributed by atoms with E-state index in [1.165, 1.54) is 25.0 Å². The molecule has 19 heavy (non-hydrogen) atoms. The van der Waals surface area contributed by atoms with Crippen LogP contribution < -0.4 is 5.73 Å². The van der Waals surface area contributed by atoms with Crippen molar-refractivity contribution in [2.45, 2.75) is 50.5 Å². The van der Waals surface area contributed by atoms with Gasteiger partial charge in [0.25, 0.3) is 0 Å². The fourth-order valence-electron chi connectivity index (χ4n) is 2.82. The van der Waals surface area contributed by atoms with Gasteiger partial charge < -0.3 is 5.73 Å². The number of rotatable bonds is 3. The first kappa shape index (κ1) is 13.9. The zero-order valence-electron chi connectivity index (χ0n) is 10.9. The molecule has 0 aromatic heterocycles. The largest absolute Gasteiger partial charge is 0.325 e. The summed E-state index contributed by atoms with van der Waals surface area (Å²) in [6.07, 6.45) is 7.07. The zero-order chi connectivity index (χ0) is 13.9. The van der Waals surface area contributed by atoms with Crippen molar-refractivity contribution in [1.82, 2.24) is 0 Å². The van der Waals surface area contributed by atoms with Crippen LogP contribution in [0.15, 0.2) is 18.2 Å². The van der Waals surface area contributed by atoms with Crippen LogP contribution in [0.5, 0.6) is 0 Å². The van der Waals surface area contributed by atoms with Crippen LogP contribution in [-0.4, -0.2) is 10.5 Å². The molecule has 5 heteroatoms. The quantitative estimate of drug-likeness (QED) is 0.518. The lowest BCUT2D eigenvalue weighted by atomic mass is 9.85. The molecule has 1 fully saturated rings. The lowest BCUT2D eigenvalue weighted by molar-refractivity contribution is -0.387. The number of hydrogen-bond acceptors (Lipinski definition) is 3. The number of nitrogens with two attached hydrogens (primary N) is 1. The Morgan fingerprint density at radius 2 is 1.89 bits per heavy atom. The van der Waals surface area contributed by atoms with Crippen molar-refractivity contribution in [3.63, 3.8) is 0 Å². The van der Waals surface area contributed by atoms with Gasteiger partial charge in [0.2, 0.25) is 5.82 Å². The normalized spacial score (nSPS) is 18.8. The van der Waals surface area contributed by atoms with Gasteiger partial charge in [0, 0.05) is 11.6 Å². The fourth-order valence-corrected chi connectivity index (χ4v) is 2.82. The van der Waals surface area contributed by atoms with Gasteiger partial charge in [-0.25, -0.2) is 0 Å². The van der Waals surface area contributed by atoms with Crippen molar-refractivity contribution >= 4 is 5.69 Å². The van der Waals surface area contributed by atoms with Crippen molar-refractivity contribution < 1.29 is 9.31 Å². The van der Waals surface area contributed by atoms with Crippen LogP contribution in [0.1, 0.15) is 44.1 Å². The third-order valence-corrected chi connectivity index (χ3v) is 3.86. The van der Waals surface area contributed by atoms with E-state index < -0.39 is 16.4 Å². The van der Waals surface area contributed by atoms with Crippen molar-refractivity contribution in [3.8, 4) is 0 Å². The molecule has 0 radical (unpaired) electrons. The summed E-state index contributed by atoms with van der Waals surface area (Å²) in [5, 5.41) is 10.6. The predicted molar refractivity (Wildman–Crippen MR) is 71.4 cm³/mol. The van der Waals surface area contributed by atoms with E-state index in [0.29, 0.717) is 6.42 Å². The van der Waals surface area contributed by atoms with E-state index in [2.05, 4.69) is 0 Å². The van der Waals surface area contributed by atoms with Gasteiger partial charge in [0.05, 0.1) is 4.92 Å². The molecular weight excluding hydrogens is 247 g/mol. The number of benzene rings is 1. The maximum Gasteiger partial charge on any atom is 0.304 e. The van der Waals surface area contributed by atoms with Crippen LogP contribution in [-0.2, 0) is 6.42 Å². The van der Waals surface area contributed by atoms with Gasteiger partial charge >= 0.3 is 5.69 Å². The molecule has 1 aromatic rings. The predicted octanol–water partition coefficient (Wildman–Crippen LogP) is 3.33. The summed E-state index contributed by atoms with van der Waals surface area (Å²) in [6.45, 7) is 0. The topological polar surface area (TPSA) is 69.2 Å². The highest BCUT2D eigenvalue weighted by Gasteiger charge is 2.27. The maximum absolute atomic E-state index is 13.6. The SMILES string of the molecule is NC1(Cc2ccc([N+](=O)[O-])c(F)c2)CCCCCC1. The van der Waals surface area contributed by atoms with Crippen LogP contribution in [0, 0.1) is 15.9 Å². The molecule has 104 valence electrons. The first-order valence-corrected chi connectivity index (χ1v) is 6.72. The fraction of sp³-hybridized carbons (Fsp3) is 0.571. The standard InChI is InChI=1S/C14H19FN2O2/c15-12-9-11(5-6-13(12)17(18)19)10-14(16)7-3-1-2-4-8-14/h5-6,9H,1-4,7-8,10,16H2. The van der Waals surface area contributed by atoms with Gasteiger partial charge in [-0.2, -0.15) is 4.39 Å². The Hall–Kier alpha value is -1.49. The second-order valence-electron chi connectivity index (χ2n) is 5.50. The van der Waals surface area contributed by atoms with Crippen LogP contribution >= 0.6 is 0 Å². The highest BCUT2D eigenvalue weighted by molar-refractivity contribution is 5.35. The molecular formula is C14H19FN2O2. The third kappa shape index (κ3) is 3.50. The summed E-state index contributed by atoms with van der Waals surface area (Å²) in [7, 11) is 0. The Kier molecular flexibility index (Phi) is 4.14. The first-order valence-electron chi connectivity index (χ1n) is 6.72. The smallest absolute Gasteiger partial charge is 0.304 e. The minimum absolute atomic E-state index is 0.293. The average Bonchev–Trinajstić information content (AvgIpc) is 2.53. The second-order valence-corrected chi connectivity index (χ2v) is 5.50. The molecule has 0 atom stereocenters. The Balaban J connectivity index is 2.14. The molecule has 2 N–H and O–H groups in total. The molecule has 1 aliphatic carbocycles. The Morgan fingerprint density at radius 3 is 2.42 bits per heavy atom. The third-order valence-electron chi connectivity index (χ3n) is 3.86. The van der Waals surface area contributed by atoms with Gasteiger partial charge in [0.1, 0.15) is 0 Å². The Bertz CT molecular complexity index is 469. The molecule has 0 bridgehead atoms. The molecule has 0 amide bonds. The number of nitro benzene ring substituents is 1. The second kappa shape index (κ2) is 5.65. The van der Waals surface area contributed by atoms with Gasteiger partial charge in [0.15, 0.2) is 0 Å². The molecule has 1 aromatic carbocycles. The van der Waals surface area contributed by atoms with E-state index in [4.69, 9.17) is 5.73 Å². The maximum atomic E-state index is 13.6. The van der Waals surface area contributed by atoms with Crippen LogP contribution in [0.2, 0.25) is 0 Å². The van der Waals surface area contributed by atoms with Crippen LogP contribution in [0.25, 0.3) is 0 Å². The van der Waals surface area contributed by atoms with Gasteiger partial charge in [-0.1, -0.05) is 31.7 Å². The van der Waals surface area contributed by atoms with Crippen LogP contribution in [0.4, 0.5) is 10.1 Å². The summed E-state index contributed by atoms with van der Waals surface area (Å²) < 4.78 is 13.6. The molecule has 0 saturated heterocycles. The molecule has 1 saturated carbocycles. The monoisotopic (exact) mass is 266 g/mol. The minimum atomic E-state index is -0.778. The molecule has 0 heterocycles. The molecule has 2 rings (SSSR count). The highest BCUT2D eigenvalue weighted by atomic mass is 19.1. The van der Waals surface area contributed by atoms with E-state index >= 15 is 0 Å².